The van der Waals surface area contributed by atoms with E-state index in [1.54, 1.807) is 12.2 Å². The van der Waals surface area contributed by atoms with E-state index in [-0.39, 0.29) is 0 Å². The Morgan fingerprint density at radius 2 is 0.750 bits per heavy atom. The molecular weight excluding hydrogens is 240 g/mol. The third-order valence-electron chi connectivity index (χ3n) is 2.32. The van der Waals surface area contributed by atoms with E-state index in [2.05, 4.69) is 64.8 Å². The highest BCUT2D eigenvalue weighted by atomic mass is 14.0. The first-order chi connectivity index (χ1) is 9.91. The van der Waals surface area contributed by atoms with Crippen molar-refractivity contribution in [2.75, 3.05) is 0 Å². The van der Waals surface area contributed by atoms with Gasteiger partial charge >= 0.3 is 0 Å². The van der Waals surface area contributed by atoms with Crippen LogP contribution in [0, 0.1) is 0 Å². The molecule has 0 aromatic rings. The molecule has 20 heavy (non-hydrogen) atoms. The zero-order chi connectivity index (χ0) is 16.5. The second-order valence-electron chi connectivity index (χ2n) is 3.64. The van der Waals surface area contributed by atoms with Crippen molar-refractivity contribution >= 4 is 0 Å². The fourth-order valence-corrected chi connectivity index (χ4v) is 1.01. The van der Waals surface area contributed by atoms with Gasteiger partial charge in [0.25, 0.3) is 0 Å². The Labute approximate surface area is 129 Å². The van der Waals surface area contributed by atoms with Crippen LogP contribution in [0.2, 0.25) is 0 Å². The summed E-state index contributed by atoms with van der Waals surface area (Å²) in [5.74, 6) is 0. The topological polar surface area (TPSA) is 0 Å². The average Bonchev–Trinajstić information content (AvgIpc) is 2.53. The van der Waals surface area contributed by atoms with Crippen molar-refractivity contribution in [2.45, 2.75) is 51.4 Å². The fourth-order valence-electron chi connectivity index (χ4n) is 1.01. The van der Waals surface area contributed by atoms with Gasteiger partial charge in [0.05, 0.1) is 0 Å². The molecule has 1 fully saturated rings. The van der Waals surface area contributed by atoms with Crippen molar-refractivity contribution in [1.29, 1.82) is 0 Å². The van der Waals surface area contributed by atoms with E-state index in [9.17, 15) is 0 Å². The predicted octanol–water partition coefficient (Wildman–Crippen LogP) is 7.44. The molecule has 0 heterocycles. The van der Waals surface area contributed by atoms with Crippen molar-refractivity contribution in [3.63, 3.8) is 0 Å². The summed E-state index contributed by atoms with van der Waals surface area (Å²) in [4.78, 5) is 0. The molecule has 0 atom stereocenters. The molecule has 0 nitrogen and oxygen atoms in total. The van der Waals surface area contributed by atoms with Crippen molar-refractivity contribution in [3.05, 3.63) is 76.9 Å². The van der Waals surface area contributed by atoms with Crippen LogP contribution in [0.25, 0.3) is 0 Å². The van der Waals surface area contributed by atoms with Crippen LogP contribution in [0.5, 0.6) is 0 Å². The molecule has 0 aliphatic heterocycles. The van der Waals surface area contributed by atoms with Crippen LogP contribution < -0.4 is 0 Å². The number of hydrogen-bond acceptors (Lipinski definition) is 0. The van der Waals surface area contributed by atoms with Gasteiger partial charge < -0.3 is 0 Å². The van der Waals surface area contributed by atoms with E-state index in [0.29, 0.717) is 0 Å². The minimum absolute atomic E-state index is 1.32. The van der Waals surface area contributed by atoms with Gasteiger partial charge in [-0.1, -0.05) is 63.1 Å². The Balaban J connectivity index is -0.0000000826. The second kappa shape index (κ2) is 43.2. The van der Waals surface area contributed by atoms with Gasteiger partial charge in [-0.3, -0.25) is 0 Å². The van der Waals surface area contributed by atoms with E-state index in [1.165, 1.54) is 51.4 Å². The van der Waals surface area contributed by atoms with Crippen LogP contribution in [0.3, 0.4) is 0 Å². The highest BCUT2D eigenvalue weighted by Gasteiger charge is 1.95. The van der Waals surface area contributed by atoms with E-state index in [4.69, 9.17) is 0 Å². The zero-order valence-electron chi connectivity index (χ0n) is 13.6. The molecular formula is C20H36. The highest BCUT2D eigenvalue weighted by Crippen LogP contribution is 2.15. The Kier molecular flexibility index (Phi) is 58.2. The Morgan fingerprint density at radius 1 is 0.500 bits per heavy atom. The van der Waals surface area contributed by atoms with E-state index in [1.807, 2.05) is 0 Å². The molecule has 0 heteroatoms. The lowest BCUT2D eigenvalue weighted by atomic mass is 10.0. The molecule has 2 aliphatic rings. The van der Waals surface area contributed by atoms with Crippen molar-refractivity contribution in [1.82, 2.24) is 0 Å². The summed E-state index contributed by atoms with van der Waals surface area (Å²) in [6, 6.07) is 0. The quantitative estimate of drug-likeness (QED) is 0.345. The minimum atomic E-state index is 1.32. The first kappa shape index (κ1) is 26.9. The van der Waals surface area contributed by atoms with Gasteiger partial charge in [0.1, 0.15) is 0 Å². The predicted molar refractivity (Wildman–Crippen MR) is 100 cm³/mol. The zero-order valence-corrected chi connectivity index (χ0v) is 13.6. The normalized spacial score (nSPS) is 12.8. The van der Waals surface area contributed by atoms with Gasteiger partial charge in [0, 0.05) is 0 Å². The summed E-state index contributed by atoms with van der Waals surface area (Å²) in [6.45, 7) is 24.7. The largest absolute Gasteiger partial charge is 0.106 e. The SMILES string of the molecule is C1=CCCCC1.C1CCC1.C=C.C=C.C=C.C=CC=C. The summed E-state index contributed by atoms with van der Waals surface area (Å²) in [5, 5.41) is 0. The molecule has 0 radical (unpaired) electrons. The third-order valence-corrected chi connectivity index (χ3v) is 2.32. The molecule has 0 saturated heterocycles. The van der Waals surface area contributed by atoms with Gasteiger partial charge in [-0.25, -0.2) is 0 Å². The molecule has 0 bridgehead atoms. The molecule has 0 spiro atoms. The lowest BCUT2D eigenvalue weighted by molar-refractivity contribution is 0.504. The van der Waals surface area contributed by atoms with Gasteiger partial charge in [-0.05, 0) is 25.7 Å². The molecule has 0 aromatic carbocycles. The Morgan fingerprint density at radius 3 is 0.800 bits per heavy atom. The third kappa shape index (κ3) is 44.0. The van der Waals surface area contributed by atoms with Gasteiger partial charge in [0.15, 0.2) is 0 Å². The molecule has 1 saturated carbocycles. The van der Waals surface area contributed by atoms with Gasteiger partial charge in [0.2, 0.25) is 0 Å². The number of rotatable bonds is 1. The lowest BCUT2D eigenvalue weighted by Crippen LogP contribution is -1.85. The van der Waals surface area contributed by atoms with Crippen LogP contribution in [0.4, 0.5) is 0 Å². The maximum atomic E-state index is 3.36. The van der Waals surface area contributed by atoms with Crippen molar-refractivity contribution < 1.29 is 0 Å². The van der Waals surface area contributed by atoms with E-state index in [0.717, 1.165) is 0 Å². The van der Waals surface area contributed by atoms with Gasteiger partial charge in [-0.2, -0.15) is 0 Å². The summed E-state index contributed by atoms with van der Waals surface area (Å²) in [5.41, 5.74) is 0. The van der Waals surface area contributed by atoms with Crippen molar-refractivity contribution in [2.24, 2.45) is 0 Å². The summed E-state index contributed by atoms with van der Waals surface area (Å²) in [6.07, 6.45) is 19.3. The second-order valence-corrected chi connectivity index (χ2v) is 3.64. The van der Waals surface area contributed by atoms with Crippen molar-refractivity contribution in [3.8, 4) is 0 Å². The van der Waals surface area contributed by atoms with E-state index >= 15 is 0 Å². The maximum absolute atomic E-state index is 3.36. The number of hydrogen-bond donors (Lipinski definition) is 0. The molecule has 0 amide bonds. The van der Waals surface area contributed by atoms with Crippen LogP contribution in [-0.2, 0) is 0 Å². The minimum Gasteiger partial charge on any atom is -0.106 e. The van der Waals surface area contributed by atoms with Crippen LogP contribution >= 0.6 is 0 Å². The number of allylic oxidation sites excluding steroid dienone is 4. The monoisotopic (exact) mass is 276 g/mol. The molecule has 2 rings (SSSR count). The Bertz CT molecular complexity index is 161. The molecule has 0 aromatic heterocycles. The molecule has 116 valence electrons. The summed E-state index contributed by atoms with van der Waals surface area (Å²) >= 11 is 0. The average molecular weight is 277 g/mol. The standard InChI is InChI=1S/C6H10.C4H8.C4H6.3C2H4/c1-2-4-6-5-3-1;1-2-4-3-1;1-3-4-2;3*1-2/h1-2H,3-6H2;1-4H2;3-4H,1-2H2;3*1-2H2. The van der Waals surface area contributed by atoms with Crippen LogP contribution in [0.1, 0.15) is 51.4 Å². The molecule has 0 unspecified atom stereocenters. The highest BCUT2D eigenvalue weighted by molar-refractivity contribution is 4.88. The summed E-state index contributed by atoms with van der Waals surface area (Å²) in [7, 11) is 0. The Hall–Kier alpha value is -1.56. The van der Waals surface area contributed by atoms with Crippen LogP contribution in [-0.4, -0.2) is 0 Å². The van der Waals surface area contributed by atoms with E-state index < -0.39 is 0 Å². The smallest absolute Gasteiger partial charge is 0.0351 e. The summed E-state index contributed by atoms with van der Waals surface area (Å²) < 4.78 is 0. The fraction of sp³-hybridized carbons (Fsp3) is 0.400. The lowest BCUT2D eigenvalue weighted by Gasteiger charge is -2.05. The maximum Gasteiger partial charge on any atom is -0.0351 e. The molecule has 0 N–H and O–H groups in total. The molecule has 2 aliphatic carbocycles. The first-order valence-corrected chi connectivity index (χ1v) is 7.30. The first-order valence-electron chi connectivity index (χ1n) is 7.30. The van der Waals surface area contributed by atoms with Crippen LogP contribution in [0.15, 0.2) is 76.9 Å². The van der Waals surface area contributed by atoms with Gasteiger partial charge in [-0.15, -0.1) is 39.5 Å².